The van der Waals surface area contributed by atoms with Crippen LogP contribution in [0.25, 0.3) is 77.2 Å². The van der Waals surface area contributed by atoms with Crippen LogP contribution in [0.1, 0.15) is 22.3 Å². The lowest BCUT2D eigenvalue weighted by molar-refractivity contribution is 0.669. The second-order valence-corrected chi connectivity index (χ2v) is 17.5. The van der Waals surface area contributed by atoms with Gasteiger partial charge in [0.1, 0.15) is 11.2 Å². The molecule has 12 aromatic rings. The first-order chi connectivity index (χ1) is 33.2. The van der Waals surface area contributed by atoms with Gasteiger partial charge in [-0.05, 0) is 114 Å². The molecular weight excluding hydrogens is 811 g/mol. The Hall–Kier alpha value is -8.72. The number of anilines is 3. The molecule has 0 saturated heterocycles. The Morgan fingerprint density at radius 1 is 0.313 bits per heavy atom. The van der Waals surface area contributed by atoms with Gasteiger partial charge in [0.15, 0.2) is 0 Å². The van der Waals surface area contributed by atoms with Gasteiger partial charge in [-0.3, -0.25) is 0 Å². The van der Waals surface area contributed by atoms with E-state index >= 15 is 0 Å². The molecule has 11 aromatic carbocycles. The number of benzene rings is 11. The van der Waals surface area contributed by atoms with Crippen LogP contribution in [-0.2, 0) is 5.41 Å². The third kappa shape index (κ3) is 6.18. The average Bonchev–Trinajstić information content (AvgIpc) is 3.93. The van der Waals surface area contributed by atoms with Crippen molar-refractivity contribution in [3.8, 4) is 44.5 Å². The molecule has 1 aliphatic rings. The Morgan fingerprint density at radius 3 is 1.61 bits per heavy atom. The first-order valence-corrected chi connectivity index (χ1v) is 23.1. The summed E-state index contributed by atoms with van der Waals surface area (Å²) in [6, 6.07) is 95.1. The molecule has 0 bridgehead atoms. The number of fused-ring (bicyclic) bond motifs is 7. The largest absolute Gasteiger partial charge is 0.456 e. The fourth-order valence-corrected chi connectivity index (χ4v) is 11.0. The summed E-state index contributed by atoms with van der Waals surface area (Å²) in [6.45, 7) is 0. The molecule has 314 valence electrons. The fraction of sp³-hybridized carbons (Fsp3) is 0.0154. The van der Waals surface area contributed by atoms with E-state index in [0.29, 0.717) is 0 Å². The van der Waals surface area contributed by atoms with Crippen LogP contribution < -0.4 is 4.90 Å². The number of hydrogen-bond acceptors (Lipinski definition) is 2. The molecule has 0 radical (unpaired) electrons. The number of para-hydroxylation sites is 2. The molecule has 67 heavy (non-hydrogen) atoms. The van der Waals surface area contributed by atoms with Gasteiger partial charge in [-0.1, -0.05) is 218 Å². The van der Waals surface area contributed by atoms with Crippen molar-refractivity contribution in [2.24, 2.45) is 0 Å². The molecule has 0 saturated carbocycles. The van der Waals surface area contributed by atoms with Crippen molar-refractivity contribution >= 4 is 49.8 Å². The van der Waals surface area contributed by atoms with Crippen LogP contribution in [0.15, 0.2) is 265 Å². The minimum atomic E-state index is -0.543. The molecule has 0 amide bonds. The molecule has 0 spiro atoms. The van der Waals surface area contributed by atoms with E-state index in [4.69, 9.17) is 4.42 Å². The third-order valence-corrected chi connectivity index (χ3v) is 14.0. The maximum absolute atomic E-state index is 6.47. The highest BCUT2D eigenvalue weighted by Gasteiger charge is 2.46. The lowest BCUT2D eigenvalue weighted by Crippen LogP contribution is -2.28. The van der Waals surface area contributed by atoms with Crippen LogP contribution in [-0.4, -0.2) is 0 Å². The zero-order chi connectivity index (χ0) is 44.3. The molecule has 2 heteroatoms. The molecule has 0 atom stereocenters. The van der Waals surface area contributed by atoms with Crippen molar-refractivity contribution in [3.05, 3.63) is 283 Å². The number of furan rings is 1. The predicted molar refractivity (Wildman–Crippen MR) is 280 cm³/mol. The topological polar surface area (TPSA) is 16.4 Å². The van der Waals surface area contributed by atoms with Crippen molar-refractivity contribution < 1.29 is 4.42 Å². The summed E-state index contributed by atoms with van der Waals surface area (Å²) in [6.07, 6.45) is 0. The van der Waals surface area contributed by atoms with Crippen LogP contribution in [0.3, 0.4) is 0 Å². The van der Waals surface area contributed by atoms with Gasteiger partial charge in [0.25, 0.3) is 0 Å². The third-order valence-electron chi connectivity index (χ3n) is 14.0. The first kappa shape index (κ1) is 38.7. The van der Waals surface area contributed by atoms with E-state index in [1.165, 1.54) is 60.8 Å². The number of nitrogens with zero attached hydrogens (tertiary/aromatic N) is 1. The van der Waals surface area contributed by atoms with Crippen molar-refractivity contribution in [2.75, 3.05) is 4.90 Å². The van der Waals surface area contributed by atoms with Crippen molar-refractivity contribution in [1.29, 1.82) is 0 Å². The van der Waals surface area contributed by atoms with E-state index in [-0.39, 0.29) is 0 Å². The molecule has 1 heterocycles. The van der Waals surface area contributed by atoms with E-state index in [0.717, 1.165) is 55.7 Å². The van der Waals surface area contributed by atoms with E-state index in [2.05, 4.69) is 260 Å². The van der Waals surface area contributed by atoms with E-state index < -0.39 is 5.41 Å². The minimum Gasteiger partial charge on any atom is -0.456 e. The van der Waals surface area contributed by atoms with Crippen molar-refractivity contribution in [1.82, 2.24) is 0 Å². The molecule has 0 fully saturated rings. The molecular formula is C65H43NO. The van der Waals surface area contributed by atoms with E-state index in [1.54, 1.807) is 0 Å². The van der Waals surface area contributed by atoms with Crippen molar-refractivity contribution in [3.63, 3.8) is 0 Å². The van der Waals surface area contributed by atoms with Gasteiger partial charge in [0, 0.05) is 27.7 Å². The molecule has 1 aromatic heterocycles. The van der Waals surface area contributed by atoms with Crippen LogP contribution in [0, 0.1) is 0 Å². The molecule has 13 rings (SSSR count). The zero-order valence-corrected chi connectivity index (χ0v) is 36.7. The Morgan fingerprint density at radius 2 is 0.836 bits per heavy atom. The zero-order valence-electron chi connectivity index (χ0n) is 36.7. The highest BCUT2D eigenvalue weighted by molar-refractivity contribution is 6.14. The summed E-state index contributed by atoms with van der Waals surface area (Å²) >= 11 is 0. The first-order valence-electron chi connectivity index (χ1n) is 23.1. The van der Waals surface area contributed by atoms with Crippen LogP contribution >= 0.6 is 0 Å². The maximum atomic E-state index is 6.47. The monoisotopic (exact) mass is 853 g/mol. The van der Waals surface area contributed by atoms with Gasteiger partial charge in [-0.25, -0.2) is 0 Å². The molecule has 0 unspecified atom stereocenters. The van der Waals surface area contributed by atoms with Gasteiger partial charge in [-0.15, -0.1) is 0 Å². The molecule has 0 aliphatic heterocycles. The Balaban J connectivity index is 1.00. The quantitative estimate of drug-likeness (QED) is 0.151. The lowest BCUT2D eigenvalue weighted by Gasteiger charge is -2.35. The van der Waals surface area contributed by atoms with Gasteiger partial charge in [0.05, 0.1) is 11.1 Å². The highest BCUT2D eigenvalue weighted by atomic mass is 16.3. The van der Waals surface area contributed by atoms with Gasteiger partial charge >= 0.3 is 0 Å². The van der Waals surface area contributed by atoms with Gasteiger partial charge in [0.2, 0.25) is 0 Å². The Labute approximate surface area is 390 Å². The number of hydrogen-bond donors (Lipinski definition) is 0. The maximum Gasteiger partial charge on any atom is 0.136 e. The second-order valence-electron chi connectivity index (χ2n) is 17.5. The second kappa shape index (κ2) is 15.8. The SMILES string of the molecule is c1ccc(C2(c3ccccc3)c3ccccc3-c3ccc(N(c4ccc(-c5ccc(-c6cccc7ccccc67)cc5)cc4)c4ccccc4-c4cccc5oc6ccccc6c45)cc32)cc1. The normalized spacial score (nSPS) is 12.6. The standard InChI is InChI=1S/C65H43NO/c1-3-19-48(20-4-1)65(49-21-5-2-6-22-49)59-29-12-9-24-54(59)55-42-41-51(43-60(55)65)66(61-30-13-10-25-56(61)57-28-16-32-63-64(57)58-26-11-14-31-62(58)67-63)50-39-37-45(38-40-50)44-33-35-47(36-34-44)53-27-15-18-46-17-7-8-23-52(46)53/h1-43H. The summed E-state index contributed by atoms with van der Waals surface area (Å²) < 4.78 is 6.47. The Kier molecular flexibility index (Phi) is 9.11. The summed E-state index contributed by atoms with van der Waals surface area (Å²) in [5.41, 5.74) is 19.0. The summed E-state index contributed by atoms with van der Waals surface area (Å²) in [5, 5.41) is 4.74. The highest BCUT2D eigenvalue weighted by Crippen LogP contribution is 2.57. The van der Waals surface area contributed by atoms with Crippen LogP contribution in [0.2, 0.25) is 0 Å². The van der Waals surface area contributed by atoms with Crippen molar-refractivity contribution in [2.45, 2.75) is 5.41 Å². The van der Waals surface area contributed by atoms with Gasteiger partial charge in [-0.2, -0.15) is 0 Å². The smallest absolute Gasteiger partial charge is 0.136 e. The molecule has 1 aliphatic carbocycles. The minimum absolute atomic E-state index is 0.543. The molecule has 2 nitrogen and oxygen atoms in total. The van der Waals surface area contributed by atoms with Crippen LogP contribution in [0.4, 0.5) is 17.1 Å². The van der Waals surface area contributed by atoms with E-state index in [1.807, 2.05) is 6.07 Å². The summed E-state index contributed by atoms with van der Waals surface area (Å²) in [7, 11) is 0. The summed E-state index contributed by atoms with van der Waals surface area (Å²) in [4.78, 5) is 2.45. The molecule has 0 N–H and O–H groups in total. The average molecular weight is 854 g/mol. The van der Waals surface area contributed by atoms with Crippen LogP contribution in [0.5, 0.6) is 0 Å². The fourth-order valence-electron chi connectivity index (χ4n) is 11.0. The Bertz CT molecular complexity index is 3750. The lowest BCUT2D eigenvalue weighted by atomic mass is 9.67. The summed E-state index contributed by atoms with van der Waals surface area (Å²) in [5.74, 6) is 0. The predicted octanol–water partition coefficient (Wildman–Crippen LogP) is 17.6. The van der Waals surface area contributed by atoms with Gasteiger partial charge < -0.3 is 9.32 Å². The number of rotatable bonds is 8. The van der Waals surface area contributed by atoms with E-state index in [9.17, 15) is 0 Å².